The highest BCUT2D eigenvalue weighted by Crippen LogP contribution is 2.36. The molecule has 3 aliphatic rings. The summed E-state index contributed by atoms with van der Waals surface area (Å²) in [4.78, 5) is 12.4. The van der Waals surface area contributed by atoms with Gasteiger partial charge in [0.1, 0.15) is 6.61 Å². The number of rotatable bonds is 3. The minimum absolute atomic E-state index is 0.216. The highest BCUT2D eigenvalue weighted by atomic mass is 16.7. The average molecular weight is 332 g/mol. The van der Waals surface area contributed by atoms with E-state index in [1.807, 2.05) is 0 Å². The number of carbonyl (C=O) groups is 1. The molecule has 2 fully saturated rings. The lowest BCUT2D eigenvalue weighted by Crippen LogP contribution is -2.61. The highest BCUT2D eigenvalue weighted by molar-refractivity contribution is 5.90. The first-order valence-electron chi connectivity index (χ1n) is 9.07. The monoisotopic (exact) mass is 332 g/mol. The van der Waals surface area contributed by atoms with E-state index in [0.29, 0.717) is 35.6 Å². The first-order valence-corrected chi connectivity index (χ1v) is 9.07. The number of hydrogen-bond donors (Lipinski definition) is 0. The van der Waals surface area contributed by atoms with Gasteiger partial charge in [-0.05, 0) is 43.9 Å². The summed E-state index contributed by atoms with van der Waals surface area (Å²) < 4.78 is 17.5. The Bertz CT molecular complexity index is 628. The zero-order valence-electron chi connectivity index (χ0n) is 14.3. The first-order chi connectivity index (χ1) is 11.7. The van der Waals surface area contributed by atoms with Crippen LogP contribution in [0.25, 0.3) is 0 Å². The molecule has 5 heteroatoms. The number of piperidine rings is 2. The number of benzene rings is 1. The Balaban J connectivity index is 1.40. The van der Waals surface area contributed by atoms with Crippen molar-refractivity contribution in [3.05, 3.63) is 23.8 Å². The molecule has 0 bridgehead atoms. The Morgan fingerprint density at radius 3 is 2.92 bits per heavy atom. The lowest BCUT2D eigenvalue weighted by Gasteiger charge is -2.51. The van der Waals surface area contributed by atoms with Crippen LogP contribution in [0, 0.1) is 5.92 Å². The first kappa shape index (κ1) is 15.8. The summed E-state index contributed by atoms with van der Waals surface area (Å²) in [5.41, 5.74) is 0.538. The summed E-state index contributed by atoms with van der Waals surface area (Å²) in [6.07, 6.45) is 6.32. The molecule has 130 valence electrons. The SMILES string of the molecule is C[N@@+]12CCCC[C@@H]1[C@H](COC(=O)c1ccc3c(c1)OCO3)CCC2. The van der Waals surface area contributed by atoms with E-state index in [2.05, 4.69) is 7.05 Å². The molecular formula is C19H26NO4+. The molecule has 2 saturated heterocycles. The maximum absolute atomic E-state index is 12.4. The molecule has 0 unspecified atom stereocenters. The van der Waals surface area contributed by atoms with Crippen molar-refractivity contribution in [1.29, 1.82) is 0 Å². The normalized spacial score (nSPS) is 31.4. The van der Waals surface area contributed by atoms with Crippen molar-refractivity contribution in [3.63, 3.8) is 0 Å². The van der Waals surface area contributed by atoms with E-state index < -0.39 is 0 Å². The maximum Gasteiger partial charge on any atom is 0.338 e. The molecule has 3 aliphatic heterocycles. The van der Waals surface area contributed by atoms with Crippen molar-refractivity contribution in [2.75, 3.05) is 33.5 Å². The third kappa shape index (κ3) is 2.86. The van der Waals surface area contributed by atoms with Gasteiger partial charge in [0.25, 0.3) is 0 Å². The largest absolute Gasteiger partial charge is 0.462 e. The second-order valence-electron chi connectivity index (χ2n) is 7.56. The van der Waals surface area contributed by atoms with Crippen molar-refractivity contribution in [3.8, 4) is 11.5 Å². The molecule has 1 aromatic rings. The fourth-order valence-corrected chi connectivity index (χ4v) is 4.72. The summed E-state index contributed by atoms with van der Waals surface area (Å²) in [6.45, 7) is 3.30. The topological polar surface area (TPSA) is 44.8 Å². The van der Waals surface area contributed by atoms with Gasteiger partial charge in [-0.25, -0.2) is 4.79 Å². The van der Waals surface area contributed by atoms with Gasteiger partial charge in [0.05, 0.1) is 31.7 Å². The van der Waals surface area contributed by atoms with Crippen molar-refractivity contribution in [2.45, 2.75) is 38.1 Å². The number of esters is 1. The smallest absolute Gasteiger partial charge is 0.338 e. The quantitative estimate of drug-likeness (QED) is 0.630. The lowest BCUT2D eigenvalue weighted by atomic mass is 9.82. The van der Waals surface area contributed by atoms with Gasteiger partial charge in [0, 0.05) is 12.3 Å². The van der Waals surface area contributed by atoms with Crippen LogP contribution in [0.3, 0.4) is 0 Å². The van der Waals surface area contributed by atoms with Gasteiger partial charge in [-0.15, -0.1) is 0 Å². The molecule has 3 atom stereocenters. The fraction of sp³-hybridized carbons (Fsp3) is 0.632. The molecule has 1 aromatic carbocycles. The van der Waals surface area contributed by atoms with Crippen molar-refractivity contribution < 1.29 is 23.5 Å². The molecule has 4 rings (SSSR count). The average Bonchev–Trinajstić information content (AvgIpc) is 3.06. The van der Waals surface area contributed by atoms with E-state index in [0.717, 1.165) is 0 Å². The Morgan fingerprint density at radius 1 is 1.17 bits per heavy atom. The summed E-state index contributed by atoms with van der Waals surface area (Å²) in [5, 5.41) is 0. The molecule has 5 nitrogen and oxygen atoms in total. The molecule has 0 amide bonds. The lowest BCUT2D eigenvalue weighted by molar-refractivity contribution is -0.947. The minimum Gasteiger partial charge on any atom is -0.462 e. The molecule has 0 N–H and O–H groups in total. The number of hydrogen-bond acceptors (Lipinski definition) is 4. The third-order valence-corrected chi connectivity index (χ3v) is 6.04. The van der Waals surface area contributed by atoms with E-state index in [1.165, 1.54) is 49.7 Å². The van der Waals surface area contributed by atoms with E-state index in [4.69, 9.17) is 14.2 Å². The van der Waals surface area contributed by atoms with E-state index >= 15 is 0 Å². The second-order valence-corrected chi connectivity index (χ2v) is 7.56. The fourth-order valence-electron chi connectivity index (χ4n) is 4.72. The predicted octanol–water partition coefficient (Wildman–Crippen LogP) is 2.98. The van der Waals surface area contributed by atoms with Crippen LogP contribution in [0.15, 0.2) is 18.2 Å². The summed E-state index contributed by atoms with van der Waals surface area (Å²) in [5.74, 6) is 1.54. The van der Waals surface area contributed by atoms with Gasteiger partial charge in [-0.2, -0.15) is 0 Å². The standard InChI is InChI=1S/C19H26NO4/c1-20-9-3-2-6-16(20)15(5-4-10-20)12-22-19(21)14-7-8-17-18(11-14)24-13-23-17/h7-8,11,15-16H,2-6,9-10,12-13H2,1H3/q+1/t15-,16+,20-/m0/s1. The van der Waals surface area contributed by atoms with Gasteiger partial charge in [-0.3, -0.25) is 0 Å². The molecule has 0 spiro atoms. The van der Waals surface area contributed by atoms with Crippen LogP contribution in [0.4, 0.5) is 0 Å². The molecule has 0 aliphatic carbocycles. The van der Waals surface area contributed by atoms with Crippen molar-refractivity contribution in [2.24, 2.45) is 5.92 Å². The third-order valence-electron chi connectivity index (χ3n) is 6.04. The van der Waals surface area contributed by atoms with Crippen molar-refractivity contribution >= 4 is 5.97 Å². The minimum atomic E-state index is -0.260. The van der Waals surface area contributed by atoms with Crippen LogP contribution in [0.1, 0.15) is 42.5 Å². The Kier molecular flexibility index (Phi) is 4.12. The molecule has 0 aromatic heterocycles. The summed E-state index contributed by atoms with van der Waals surface area (Å²) in [6, 6.07) is 5.88. The molecule has 3 heterocycles. The van der Waals surface area contributed by atoms with Crippen LogP contribution in [-0.4, -0.2) is 50.0 Å². The van der Waals surface area contributed by atoms with Gasteiger partial charge < -0.3 is 18.7 Å². The van der Waals surface area contributed by atoms with Gasteiger partial charge in [-0.1, -0.05) is 0 Å². The number of fused-ring (bicyclic) bond motifs is 2. The molecule has 24 heavy (non-hydrogen) atoms. The zero-order chi connectivity index (χ0) is 16.6. The van der Waals surface area contributed by atoms with Crippen LogP contribution in [0.5, 0.6) is 11.5 Å². The van der Waals surface area contributed by atoms with Crippen LogP contribution >= 0.6 is 0 Å². The van der Waals surface area contributed by atoms with Crippen LogP contribution in [-0.2, 0) is 4.74 Å². The number of quaternary nitrogens is 1. The zero-order valence-corrected chi connectivity index (χ0v) is 14.3. The molecule has 0 radical (unpaired) electrons. The predicted molar refractivity (Wildman–Crippen MR) is 89.1 cm³/mol. The highest BCUT2D eigenvalue weighted by Gasteiger charge is 2.43. The van der Waals surface area contributed by atoms with Gasteiger partial charge in [0.15, 0.2) is 11.5 Å². The van der Waals surface area contributed by atoms with Crippen LogP contribution in [0.2, 0.25) is 0 Å². The molecular weight excluding hydrogens is 306 g/mol. The van der Waals surface area contributed by atoms with E-state index in [9.17, 15) is 4.79 Å². The number of nitrogens with zero attached hydrogens (tertiary/aromatic N) is 1. The van der Waals surface area contributed by atoms with Gasteiger partial charge >= 0.3 is 5.97 Å². The Morgan fingerprint density at radius 2 is 2.00 bits per heavy atom. The van der Waals surface area contributed by atoms with Crippen molar-refractivity contribution in [1.82, 2.24) is 0 Å². The second kappa shape index (κ2) is 6.28. The maximum atomic E-state index is 12.4. The number of carbonyl (C=O) groups excluding carboxylic acids is 1. The summed E-state index contributed by atoms with van der Waals surface area (Å²) in [7, 11) is 2.38. The summed E-state index contributed by atoms with van der Waals surface area (Å²) >= 11 is 0. The van der Waals surface area contributed by atoms with E-state index in [-0.39, 0.29) is 12.8 Å². The molecule has 0 saturated carbocycles. The van der Waals surface area contributed by atoms with Gasteiger partial charge in [0.2, 0.25) is 6.79 Å². The Hall–Kier alpha value is -1.75. The number of ether oxygens (including phenoxy) is 3. The van der Waals surface area contributed by atoms with E-state index in [1.54, 1.807) is 18.2 Å². The Labute approximate surface area is 143 Å². The van der Waals surface area contributed by atoms with Crippen LogP contribution < -0.4 is 9.47 Å².